The number of rotatable bonds is 4. The van der Waals surface area contributed by atoms with Crippen molar-refractivity contribution < 1.29 is 31.4 Å². The molecule has 0 saturated heterocycles. The molecule has 1 aromatic rings. The normalized spacial score (nSPS) is 13.7. The fourth-order valence-electron chi connectivity index (χ4n) is 1.67. The quantitative estimate of drug-likeness (QED) is 0.818. The third kappa shape index (κ3) is 5.72. The Balaban J connectivity index is 0.00000400. The van der Waals surface area contributed by atoms with Gasteiger partial charge in [-0.2, -0.15) is 26.3 Å². The minimum atomic E-state index is -4.88. The van der Waals surface area contributed by atoms with Crippen molar-refractivity contribution in [2.75, 3.05) is 6.61 Å². The zero-order chi connectivity index (χ0) is 15.6. The fraction of sp³-hybridized carbons (Fsp3) is 0.500. The lowest BCUT2D eigenvalue weighted by Crippen LogP contribution is -2.16. The summed E-state index contributed by atoms with van der Waals surface area (Å²) in [7, 11) is 0. The lowest BCUT2D eigenvalue weighted by Gasteiger charge is -2.17. The van der Waals surface area contributed by atoms with Crippen molar-refractivity contribution in [3.63, 3.8) is 0 Å². The summed E-state index contributed by atoms with van der Waals surface area (Å²) in [6, 6.07) is 0.280. The molecule has 0 aliphatic rings. The Kier molecular flexibility index (Phi) is 6.98. The molecule has 0 fully saturated rings. The van der Waals surface area contributed by atoms with Gasteiger partial charge in [0.05, 0.1) is 11.1 Å². The van der Waals surface area contributed by atoms with Crippen LogP contribution < -0.4 is 5.73 Å². The Morgan fingerprint density at radius 2 is 1.38 bits per heavy atom. The highest BCUT2D eigenvalue weighted by Gasteiger charge is 2.37. The van der Waals surface area contributed by atoms with E-state index < -0.39 is 29.5 Å². The topological polar surface area (TPSA) is 46.2 Å². The zero-order valence-corrected chi connectivity index (χ0v) is 11.4. The summed E-state index contributed by atoms with van der Waals surface area (Å²) in [6.07, 6.45) is -9.48. The average Bonchev–Trinajstić information content (AvgIpc) is 2.33. The lowest BCUT2D eigenvalue weighted by molar-refractivity contribution is -0.143. The Hall–Kier alpha value is -0.990. The number of benzene rings is 1. The van der Waals surface area contributed by atoms with E-state index in [0.29, 0.717) is 12.1 Å². The summed E-state index contributed by atoms with van der Waals surface area (Å²) in [6.45, 7) is -0.237. The van der Waals surface area contributed by atoms with Crippen molar-refractivity contribution in [1.29, 1.82) is 0 Å². The van der Waals surface area contributed by atoms with Crippen LogP contribution in [0.2, 0.25) is 0 Å². The summed E-state index contributed by atoms with van der Waals surface area (Å²) in [5.74, 6) is 0. The zero-order valence-electron chi connectivity index (χ0n) is 10.6. The predicted molar refractivity (Wildman–Crippen MR) is 66.9 cm³/mol. The van der Waals surface area contributed by atoms with Gasteiger partial charge in [0.1, 0.15) is 0 Å². The van der Waals surface area contributed by atoms with Gasteiger partial charge in [0, 0.05) is 12.6 Å². The number of hydrogen-bond acceptors (Lipinski definition) is 2. The van der Waals surface area contributed by atoms with Crippen molar-refractivity contribution >= 4 is 12.4 Å². The Morgan fingerprint density at radius 3 is 1.71 bits per heavy atom. The molecule has 0 aliphatic carbocycles. The maximum atomic E-state index is 12.6. The molecular formula is C12H14ClF6NO. The van der Waals surface area contributed by atoms with E-state index >= 15 is 0 Å². The number of hydrogen-bond donors (Lipinski definition) is 2. The minimum Gasteiger partial charge on any atom is -0.396 e. The van der Waals surface area contributed by atoms with Gasteiger partial charge in [0.15, 0.2) is 0 Å². The SMILES string of the molecule is Cl.N[C@@H](CCCO)c1cc(C(F)(F)F)cc(C(F)(F)F)c1. The van der Waals surface area contributed by atoms with Crippen LogP contribution in [0.3, 0.4) is 0 Å². The number of aliphatic hydroxyl groups is 1. The summed E-state index contributed by atoms with van der Waals surface area (Å²) in [4.78, 5) is 0. The Morgan fingerprint density at radius 1 is 0.952 bits per heavy atom. The third-order valence-corrected chi connectivity index (χ3v) is 2.71. The second-order valence-electron chi connectivity index (χ2n) is 4.31. The van der Waals surface area contributed by atoms with Crippen molar-refractivity contribution in [3.8, 4) is 0 Å². The van der Waals surface area contributed by atoms with Crippen LogP contribution in [0.15, 0.2) is 18.2 Å². The van der Waals surface area contributed by atoms with Gasteiger partial charge in [-0.05, 0) is 36.6 Å². The first-order valence-electron chi connectivity index (χ1n) is 5.71. The van der Waals surface area contributed by atoms with Gasteiger partial charge in [0.2, 0.25) is 0 Å². The van der Waals surface area contributed by atoms with Crippen LogP contribution in [0.25, 0.3) is 0 Å². The second kappa shape index (κ2) is 7.33. The molecule has 1 aromatic carbocycles. The van der Waals surface area contributed by atoms with Gasteiger partial charge in [-0.25, -0.2) is 0 Å². The largest absolute Gasteiger partial charge is 0.416 e. The highest BCUT2D eigenvalue weighted by atomic mass is 35.5. The molecule has 0 spiro atoms. The summed E-state index contributed by atoms with van der Waals surface area (Å²) in [5, 5.41) is 8.61. The van der Waals surface area contributed by atoms with E-state index in [2.05, 4.69) is 0 Å². The number of aliphatic hydroxyl groups excluding tert-OH is 1. The predicted octanol–water partition coefficient (Wildman–Crippen LogP) is 3.92. The standard InChI is InChI=1S/C12H13F6NO.ClH/c13-11(14,15)8-4-7(10(19)2-1-3-20)5-9(6-8)12(16,17)18;/h4-6,10,20H,1-3,19H2;1H/t10-;/m0./s1. The molecule has 0 aliphatic heterocycles. The molecule has 3 N–H and O–H groups in total. The maximum absolute atomic E-state index is 12.6. The van der Waals surface area contributed by atoms with E-state index in [1.54, 1.807) is 0 Å². The molecule has 0 saturated carbocycles. The fourth-order valence-corrected chi connectivity index (χ4v) is 1.67. The van der Waals surface area contributed by atoms with Crippen LogP contribution in [0.5, 0.6) is 0 Å². The van der Waals surface area contributed by atoms with E-state index in [1.807, 2.05) is 0 Å². The number of halogens is 7. The van der Waals surface area contributed by atoms with E-state index in [1.165, 1.54) is 0 Å². The highest BCUT2D eigenvalue weighted by molar-refractivity contribution is 5.85. The van der Waals surface area contributed by atoms with Crippen LogP contribution in [-0.2, 0) is 12.4 Å². The molecule has 0 bridgehead atoms. The number of nitrogens with two attached hydrogens (primary N) is 1. The summed E-state index contributed by atoms with van der Waals surface area (Å²) in [5.41, 5.74) is 2.54. The van der Waals surface area contributed by atoms with Gasteiger partial charge in [-0.3, -0.25) is 0 Å². The van der Waals surface area contributed by atoms with Crippen molar-refractivity contribution in [2.24, 2.45) is 5.73 Å². The van der Waals surface area contributed by atoms with Crippen LogP contribution in [0.1, 0.15) is 35.6 Å². The molecule has 1 rings (SSSR count). The molecule has 0 amide bonds. The van der Waals surface area contributed by atoms with Crippen molar-refractivity contribution in [3.05, 3.63) is 34.9 Å². The first-order chi connectivity index (χ1) is 9.05. The molecule has 0 unspecified atom stereocenters. The van der Waals surface area contributed by atoms with Gasteiger partial charge in [-0.1, -0.05) is 0 Å². The molecule has 0 radical (unpaired) electrons. The first-order valence-corrected chi connectivity index (χ1v) is 5.71. The number of alkyl halides is 6. The molecule has 0 heterocycles. The molecule has 122 valence electrons. The second-order valence-corrected chi connectivity index (χ2v) is 4.31. The van der Waals surface area contributed by atoms with Crippen LogP contribution >= 0.6 is 12.4 Å². The van der Waals surface area contributed by atoms with E-state index in [4.69, 9.17) is 10.8 Å². The van der Waals surface area contributed by atoms with E-state index in [-0.39, 0.29) is 43.5 Å². The van der Waals surface area contributed by atoms with Gasteiger partial charge in [0.25, 0.3) is 0 Å². The van der Waals surface area contributed by atoms with Crippen molar-refractivity contribution in [2.45, 2.75) is 31.2 Å². The molecule has 2 nitrogen and oxygen atoms in total. The van der Waals surface area contributed by atoms with E-state index in [0.717, 1.165) is 0 Å². The molecule has 21 heavy (non-hydrogen) atoms. The lowest BCUT2D eigenvalue weighted by atomic mass is 9.97. The molecular weight excluding hydrogens is 324 g/mol. The van der Waals surface area contributed by atoms with Gasteiger partial charge in [-0.15, -0.1) is 12.4 Å². The van der Waals surface area contributed by atoms with Gasteiger partial charge < -0.3 is 10.8 Å². The molecule has 1 atom stereocenters. The minimum absolute atomic E-state index is 0. The highest BCUT2D eigenvalue weighted by Crippen LogP contribution is 2.37. The monoisotopic (exact) mass is 337 g/mol. The Bertz CT molecular complexity index is 428. The molecule has 0 aromatic heterocycles. The summed E-state index contributed by atoms with van der Waals surface area (Å²) < 4.78 is 75.6. The van der Waals surface area contributed by atoms with Crippen LogP contribution in [-0.4, -0.2) is 11.7 Å². The van der Waals surface area contributed by atoms with E-state index in [9.17, 15) is 26.3 Å². The molecule has 9 heteroatoms. The third-order valence-electron chi connectivity index (χ3n) is 2.71. The smallest absolute Gasteiger partial charge is 0.396 e. The summed E-state index contributed by atoms with van der Waals surface area (Å²) >= 11 is 0. The first kappa shape index (κ1) is 20.0. The Labute approximate surface area is 123 Å². The van der Waals surface area contributed by atoms with Gasteiger partial charge >= 0.3 is 12.4 Å². The maximum Gasteiger partial charge on any atom is 0.416 e. The average molecular weight is 338 g/mol. The van der Waals surface area contributed by atoms with Crippen molar-refractivity contribution in [1.82, 2.24) is 0 Å². The van der Waals surface area contributed by atoms with Crippen LogP contribution in [0.4, 0.5) is 26.3 Å². The van der Waals surface area contributed by atoms with Crippen LogP contribution in [0, 0.1) is 0 Å².